The molecule has 0 heterocycles. The van der Waals surface area contributed by atoms with Crippen molar-refractivity contribution in [2.24, 2.45) is 11.7 Å². The first-order valence-corrected chi connectivity index (χ1v) is 4.80. The number of hydrogen-bond acceptors (Lipinski definition) is 3. The molecule has 0 saturated heterocycles. The van der Waals surface area contributed by atoms with Gasteiger partial charge in [0.1, 0.15) is 0 Å². The van der Waals surface area contributed by atoms with Crippen LogP contribution in [0.2, 0.25) is 0 Å². The Labute approximate surface area is 73.6 Å². The highest BCUT2D eigenvalue weighted by Gasteiger charge is 2.25. The second-order valence-electron chi connectivity index (χ2n) is 3.74. The molecule has 0 aromatic heterocycles. The summed E-state index contributed by atoms with van der Waals surface area (Å²) >= 11 is 0. The van der Waals surface area contributed by atoms with E-state index in [0.717, 1.165) is 12.8 Å². The molecule has 1 aliphatic carbocycles. The first-order chi connectivity index (χ1) is 5.75. The van der Waals surface area contributed by atoms with Gasteiger partial charge in [-0.3, -0.25) is 0 Å². The summed E-state index contributed by atoms with van der Waals surface area (Å²) in [5, 5.41) is 18.4. The van der Waals surface area contributed by atoms with Crippen molar-refractivity contribution in [1.29, 1.82) is 0 Å². The van der Waals surface area contributed by atoms with Crippen molar-refractivity contribution in [3.63, 3.8) is 0 Å². The maximum Gasteiger partial charge on any atom is 0.0741 e. The molecule has 0 amide bonds. The van der Waals surface area contributed by atoms with Gasteiger partial charge in [0.2, 0.25) is 0 Å². The van der Waals surface area contributed by atoms with Crippen molar-refractivity contribution in [2.75, 3.05) is 6.61 Å². The van der Waals surface area contributed by atoms with Crippen LogP contribution in [0.5, 0.6) is 0 Å². The molecule has 0 aromatic rings. The molecule has 0 radical (unpaired) electrons. The Kier molecular flexibility index (Phi) is 3.98. The molecule has 2 unspecified atom stereocenters. The van der Waals surface area contributed by atoms with E-state index in [1.807, 2.05) is 0 Å². The summed E-state index contributed by atoms with van der Waals surface area (Å²) in [4.78, 5) is 0. The number of aliphatic hydroxyl groups excluding tert-OH is 2. The van der Waals surface area contributed by atoms with E-state index in [-0.39, 0.29) is 6.61 Å². The normalized spacial score (nSPS) is 25.2. The van der Waals surface area contributed by atoms with Gasteiger partial charge < -0.3 is 15.9 Å². The van der Waals surface area contributed by atoms with Gasteiger partial charge in [0.25, 0.3) is 0 Å². The van der Waals surface area contributed by atoms with Gasteiger partial charge in [0.05, 0.1) is 18.8 Å². The summed E-state index contributed by atoms with van der Waals surface area (Å²) in [5.41, 5.74) is 5.55. The maximum atomic E-state index is 9.66. The predicted molar refractivity (Wildman–Crippen MR) is 47.6 cm³/mol. The minimum absolute atomic E-state index is 0.113. The van der Waals surface area contributed by atoms with Crippen molar-refractivity contribution in [1.82, 2.24) is 0 Å². The molecule has 3 nitrogen and oxygen atoms in total. The average molecular weight is 173 g/mol. The lowest BCUT2D eigenvalue weighted by molar-refractivity contribution is 0.0428. The van der Waals surface area contributed by atoms with Gasteiger partial charge in [0.15, 0.2) is 0 Å². The van der Waals surface area contributed by atoms with E-state index in [4.69, 9.17) is 10.8 Å². The summed E-state index contributed by atoms with van der Waals surface area (Å²) < 4.78 is 0. The number of hydrogen-bond donors (Lipinski definition) is 3. The molecule has 1 saturated carbocycles. The molecule has 1 rings (SSSR count). The zero-order valence-electron chi connectivity index (χ0n) is 7.45. The second kappa shape index (κ2) is 4.80. The highest BCUT2D eigenvalue weighted by Crippen LogP contribution is 2.27. The van der Waals surface area contributed by atoms with E-state index in [1.54, 1.807) is 0 Å². The minimum atomic E-state index is -0.504. The molecule has 0 spiro atoms. The van der Waals surface area contributed by atoms with Crippen LogP contribution >= 0.6 is 0 Å². The van der Waals surface area contributed by atoms with Gasteiger partial charge in [0, 0.05) is 0 Å². The second-order valence-corrected chi connectivity index (χ2v) is 3.74. The Morgan fingerprint density at radius 1 is 1.25 bits per heavy atom. The predicted octanol–water partition coefficient (Wildman–Crippen LogP) is 0.247. The van der Waals surface area contributed by atoms with Gasteiger partial charge >= 0.3 is 0 Å². The first-order valence-electron chi connectivity index (χ1n) is 4.80. The van der Waals surface area contributed by atoms with Crippen LogP contribution in [-0.2, 0) is 0 Å². The molecule has 2 atom stereocenters. The van der Waals surface area contributed by atoms with Gasteiger partial charge in [-0.1, -0.05) is 19.3 Å². The summed E-state index contributed by atoms with van der Waals surface area (Å²) in [6.45, 7) is -0.113. The molecule has 0 aromatic carbocycles. The fourth-order valence-electron chi connectivity index (χ4n) is 1.93. The SMILES string of the molecule is NC(CO)C(O)C1CCCCC1. The van der Waals surface area contributed by atoms with E-state index in [2.05, 4.69) is 0 Å². The lowest BCUT2D eigenvalue weighted by Gasteiger charge is -2.29. The fourth-order valence-corrected chi connectivity index (χ4v) is 1.93. The summed E-state index contributed by atoms with van der Waals surface area (Å²) in [7, 11) is 0. The molecule has 3 heteroatoms. The van der Waals surface area contributed by atoms with Crippen molar-refractivity contribution < 1.29 is 10.2 Å². The molecule has 0 aliphatic heterocycles. The Hall–Kier alpha value is -0.120. The molecule has 0 bridgehead atoms. The summed E-state index contributed by atoms with van der Waals surface area (Å²) in [5.74, 6) is 0.320. The van der Waals surface area contributed by atoms with Crippen LogP contribution in [0.4, 0.5) is 0 Å². The van der Waals surface area contributed by atoms with E-state index < -0.39 is 12.1 Å². The topological polar surface area (TPSA) is 66.5 Å². The van der Waals surface area contributed by atoms with Crippen molar-refractivity contribution in [3.8, 4) is 0 Å². The van der Waals surface area contributed by atoms with Crippen LogP contribution in [-0.4, -0.2) is 29.0 Å². The Morgan fingerprint density at radius 3 is 2.33 bits per heavy atom. The van der Waals surface area contributed by atoms with Crippen LogP contribution in [0.15, 0.2) is 0 Å². The van der Waals surface area contributed by atoms with E-state index in [1.165, 1.54) is 19.3 Å². The Morgan fingerprint density at radius 2 is 1.83 bits per heavy atom. The number of rotatable bonds is 3. The van der Waals surface area contributed by atoms with Gasteiger partial charge in [-0.2, -0.15) is 0 Å². The fraction of sp³-hybridized carbons (Fsp3) is 1.00. The number of aliphatic hydroxyl groups is 2. The Bertz CT molecular complexity index is 124. The highest BCUT2D eigenvalue weighted by molar-refractivity contribution is 4.80. The summed E-state index contributed by atoms with van der Waals surface area (Å²) in [6.07, 6.45) is 5.29. The average Bonchev–Trinajstić information content (AvgIpc) is 2.17. The van der Waals surface area contributed by atoms with Crippen molar-refractivity contribution in [3.05, 3.63) is 0 Å². The molecule has 1 fully saturated rings. The lowest BCUT2D eigenvalue weighted by Crippen LogP contribution is -2.43. The van der Waals surface area contributed by atoms with Crippen molar-refractivity contribution in [2.45, 2.75) is 44.2 Å². The van der Waals surface area contributed by atoms with Crippen LogP contribution in [0.25, 0.3) is 0 Å². The quantitative estimate of drug-likeness (QED) is 0.573. The van der Waals surface area contributed by atoms with Crippen LogP contribution in [0.3, 0.4) is 0 Å². The van der Waals surface area contributed by atoms with Gasteiger partial charge in [-0.25, -0.2) is 0 Å². The third kappa shape index (κ3) is 2.44. The lowest BCUT2D eigenvalue weighted by atomic mass is 9.83. The van der Waals surface area contributed by atoms with Crippen LogP contribution < -0.4 is 5.73 Å². The number of nitrogens with two attached hydrogens (primary N) is 1. The van der Waals surface area contributed by atoms with Crippen LogP contribution in [0, 0.1) is 5.92 Å². The third-order valence-electron chi connectivity index (χ3n) is 2.78. The monoisotopic (exact) mass is 173 g/mol. The first kappa shape index (κ1) is 9.96. The van der Waals surface area contributed by atoms with E-state index >= 15 is 0 Å². The minimum Gasteiger partial charge on any atom is -0.395 e. The van der Waals surface area contributed by atoms with Crippen LogP contribution in [0.1, 0.15) is 32.1 Å². The van der Waals surface area contributed by atoms with E-state index in [0.29, 0.717) is 5.92 Å². The molecular formula is C9H19NO2. The van der Waals surface area contributed by atoms with Gasteiger partial charge in [-0.15, -0.1) is 0 Å². The molecule has 4 N–H and O–H groups in total. The molecular weight excluding hydrogens is 154 g/mol. The maximum absolute atomic E-state index is 9.66. The zero-order valence-corrected chi connectivity index (χ0v) is 7.45. The summed E-state index contributed by atoms with van der Waals surface area (Å²) in [6, 6.07) is -0.451. The zero-order chi connectivity index (χ0) is 8.97. The highest BCUT2D eigenvalue weighted by atomic mass is 16.3. The Balaban J connectivity index is 2.33. The molecule has 1 aliphatic rings. The van der Waals surface area contributed by atoms with Crippen molar-refractivity contribution >= 4 is 0 Å². The third-order valence-corrected chi connectivity index (χ3v) is 2.78. The largest absolute Gasteiger partial charge is 0.395 e. The molecule has 72 valence electrons. The smallest absolute Gasteiger partial charge is 0.0741 e. The standard InChI is InChI=1S/C9H19NO2/c10-8(6-11)9(12)7-4-2-1-3-5-7/h7-9,11-12H,1-6,10H2. The van der Waals surface area contributed by atoms with Gasteiger partial charge in [-0.05, 0) is 18.8 Å². The molecule has 12 heavy (non-hydrogen) atoms. The van der Waals surface area contributed by atoms with E-state index in [9.17, 15) is 5.11 Å².